The van der Waals surface area contributed by atoms with E-state index >= 15 is 0 Å². The van der Waals surface area contributed by atoms with Crippen LogP contribution >= 0.6 is 0 Å². The number of hydrogen-bond acceptors (Lipinski definition) is 3. The molecule has 0 aliphatic carbocycles. The zero-order chi connectivity index (χ0) is 14.5. The maximum Gasteiger partial charge on any atom is 0.251 e. The molecule has 0 aliphatic heterocycles. The molecule has 0 saturated heterocycles. The van der Waals surface area contributed by atoms with Crippen molar-refractivity contribution in [3.05, 3.63) is 33.7 Å². The van der Waals surface area contributed by atoms with Crippen LogP contribution in [-0.4, -0.2) is 29.1 Å². The lowest BCUT2D eigenvalue weighted by Crippen LogP contribution is -2.39. The molecule has 0 atom stereocenters. The van der Waals surface area contributed by atoms with Gasteiger partial charge in [0.2, 0.25) is 5.56 Å². The molecule has 0 unspecified atom stereocenters. The molecule has 1 rings (SSSR count). The summed E-state index contributed by atoms with van der Waals surface area (Å²) in [5.41, 5.74) is 0.424. The molecule has 1 aromatic heterocycles. The van der Waals surface area contributed by atoms with E-state index in [1.165, 1.54) is 6.07 Å². The van der Waals surface area contributed by atoms with Gasteiger partial charge in [-0.1, -0.05) is 13.8 Å². The van der Waals surface area contributed by atoms with Crippen molar-refractivity contribution in [1.82, 2.24) is 10.3 Å². The van der Waals surface area contributed by atoms with Crippen molar-refractivity contribution < 1.29 is 9.90 Å². The number of pyridine rings is 1. The molecule has 1 aromatic rings. The summed E-state index contributed by atoms with van der Waals surface area (Å²) in [6.07, 6.45) is 1.57. The van der Waals surface area contributed by atoms with Crippen LogP contribution in [0.4, 0.5) is 0 Å². The van der Waals surface area contributed by atoms with E-state index < -0.39 is 0 Å². The van der Waals surface area contributed by atoms with E-state index in [4.69, 9.17) is 0 Å². The third-order valence-electron chi connectivity index (χ3n) is 3.70. The highest BCUT2D eigenvalue weighted by molar-refractivity contribution is 5.94. The van der Waals surface area contributed by atoms with Crippen molar-refractivity contribution in [1.29, 1.82) is 0 Å². The number of aryl methyl sites for hydroxylation is 1. The maximum absolute atomic E-state index is 12.0. The minimum absolute atomic E-state index is 0.0364. The Bertz CT molecular complexity index is 481. The van der Waals surface area contributed by atoms with Crippen LogP contribution in [0.2, 0.25) is 0 Å². The number of hydrogen-bond donors (Lipinski definition) is 3. The molecular weight excluding hydrogens is 244 g/mol. The van der Waals surface area contributed by atoms with Gasteiger partial charge in [0.25, 0.3) is 5.91 Å². The zero-order valence-electron chi connectivity index (χ0n) is 11.7. The largest absolute Gasteiger partial charge is 0.396 e. The summed E-state index contributed by atoms with van der Waals surface area (Å²) in [7, 11) is 0. The van der Waals surface area contributed by atoms with Crippen molar-refractivity contribution in [2.24, 2.45) is 5.41 Å². The van der Waals surface area contributed by atoms with E-state index in [1.807, 2.05) is 13.8 Å². The topological polar surface area (TPSA) is 82.2 Å². The molecule has 0 saturated carbocycles. The number of amides is 1. The second-order valence-corrected chi connectivity index (χ2v) is 4.96. The summed E-state index contributed by atoms with van der Waals surface area (Å²) in [6.45, 7) is 6.15. The highest BCUT2D eigenvalue weighted by Crippen LogP contribution is 2.24. The Labute approximate surface area is 113 Å². The summed E-state index contributed by atoms with van der Waals surface area (Å²) in [5, 5.41) is 12.2. The Hall–Kier alpha value is -1.62. The van der Waals surface area contributed by atoms with Gasteiger partial charge in [0, 0.05) is 29.3 Å². The monoisotopic (exact) mass is 266 g/mol. The molecule has 5 nitrogen and oxygen atoms in total. The molecule has 5 heteroatoms. The Morgan fingerprint density at radius 1 is 1.37 bits per heavy atom. The molecule has 0 bridgehead atoms. The van der Waals surface area contributed by atoms with Crippen LogP contribution < -0.4 is 10.9 Å². The minimum atomic E-state index is -0.287. The lowest BCUT2D eigenvalue weighted by molar-refractivity contribution is 0.0851. The molecule has 3 N–H and O–H groups in total. The van der Waals surface area contributed by atoms with Crippen LogP contribution in [0, 0.1) is 12.3 Å². The van der Waals surface area contributed by atoms with E-state index in [0.29, 0.717) is 17.8 Å². The van der Waals surface area contributed by atoms with Crippen LogP contribution in [0.5, 0.6) is 0 Å². The Morgan fingerprint density at radius 3 is 2.47 bits per heavy atom. The minimum Gasteiger partial charge on any atom is -0.396 e. The van der Waals surface area contributed by atoms with E-state index in [0.717, 1.165) is 12.8 Å². The third-order valence-corrected chi connectivity index (χ3v) is 3.70. The lowest BCUT2D eigenvalue weighted by atomic mass is 9.83. The smallest absolute Gasteiger partial charge is 0.251 e. The summed E-state index contributed by atoms with van der Waals surface area (Å²) in [5.74, 6) is -0.283. The van der Waals surface area contributed by atoms with Gasteiger partial charge in [-0.25, -0.2) is 0 Å². The first-order chi connectivity index (χ1) is 8.96. The SMILES string of the molecule is CCC(CC)(CO)CNC(=O)c1cc(C)[nH]c(=O)c1. The second kappa shape index (κ2) is 6.52. The van der Waals surface area contributed by atoms with Gasteiger partial charge in [-0.3, -0.25) is 9.59 Å². The van der Waals surface area contributed by atoms with E-state index in [1.54, 1.807) is 13.0 Å². The number of aromatic amines is 1. The standard InChI is InChI=1S/C14H22N2O3/c1-4-14(5-2,9-17)8-15-13(19)11-6-10(3)16-12(18)7-11/h6-7,17H,4-5,8-9H2,1-3H3,(H,15,19)(H,16,18). The summed E-state index contributed by atoms with van der Waals surface area (Å²) in [6, 6.07) is 2.91. The first-order valence-corrected chi connectivity index (χ1v) is 6.56. The number of aliphatic hydroxyl groups is 1. The zero-order valence-corrected chi connectivity index (χ0v) is 11.7. The Balaban J connectivity index is 2.77. The first-order valence-electron chi connectivity index (χ1n) is 6.56. The van der Waals surface area contributed by atoms with Crippen molar-refractivity contribution in [2.45, 2.75) is 33.6 Å². The van der Waals surface area contributed by atoms with Crippen LogP contribution in [-0.2, 0) is 0 Å². The number of carbonyl (C=O) groups is 1. The molecule has 0 fully saturated rings. The normalized spacial score (nSPS) is 11.4. The van der Waals surface area contributed by atoms with Gasteiger partial charge in [-0.2, -0.15) is 0 Å². The number of aromatic nitrogens is 1. The molecular formula is C14H22N2O3. The fraction of sp³-hybridized carbons (Fsp3) is 0.571. The summed E-state index contributed by atoms with van der Waals surface area (Å²) in [4.78, 5) is 25.9. The number of H-pyrrole nitrogens is 1. The molecule has 0 aliphatic rings. The highest BCUT2D eigenvalue weighted by atomic mass is 16.3. The van der Waals surface area contributed by atoms with Gasteiger partial charge in [-0.15, -0.1) is 0 Å². The molecule has 106 valence electrons. The Kier molecular flexibility index (Phi) is 5.30. The number of aliphatic hydroxyl groups excluding tert-OH is 1. The van der Waals surface area contributed by atoms with E-state index in [2.05, 4.69) is 10.3 Å². The lowest BCUT2D eigenvalue weighted by Gasteiger charge is -2.29. The maximum atomic E-state index is 12.0. The average molecular weight is 266 g/mol. The fourth-order valence-corrected chi connectivity index (χ4v) is 1.96. The van der Waals surface area contributed by atoms with Gasteiger partial charge in [-0.05, 0) is 25.8 Å². The molecule has 1 heterocycles. The van der Waals surface area contributed by atoms with Crippen molar-refractivity contribution >= 4 is 5.91 Å². The second-order valence-electron chi connectivity index (χ2n) is 4.96. The molecule has 0 aromatic carbocycles. The van der Waals surface area contributed by atoms with Gasteiger partial charge in [0.15, 0.2) is 0 Å². The summed E-state index contributed by atoms with van der Waals surface area (Å²) < 4.78 is 0. The van der Waals surface area contributed by atoms with Crippen LogP contribution in [0.3, 0.4) is 0 Å². The summed E-state index contributed by atoms with van der Waals surface area (Å²) >= 11 is 0. The quantitative estimate of drug-likeness (QED) is 0.724. The predicted octanol–water partition coefficient (Wildman–Crippen LogP) is 1.21. The van der Waals surface area contributed by atoms with Crippen LogP contribution in [0.25, 0.3) is 0 Å². The van der Waals surface area contributed by atoms with Gasteiger partial charge in [0.05, 0.1) is 6.61 Å². The van der Waals surface area contributed by atoms with Gasteiger partial charge < -0.3 is 15.4 Å². The predicted molar refractivity (Wildman–Crippen MR) is 74.2 cm³/mol. The number of carbonyl (C=O) groups excluding carboxylic acids is 1. The van der Waals surface area contributed by atoms with Crippen LogP contribution in [0.1, 0.15) is 42.7 Å². The number of nitrogens with one attached hydrogen (secondary N) is 2. The van der Waals surface area contributed by atoms with Gasteiger partial charge >= 0.3 is 0 Å². The Morgan fingerprint density at radius 2 is 2.00 bits per heavy atom. The molecule has 19 heavy (non-hydrogen) atoms. The van der Waals surface area contributed by atoms with Crippen molar-refractivity contribution in [3.63, 3.8) is 0 Å². The van der Waals surface area contributed by atoms with E-state index in [9.17, 15) is 14.7 Å². The van der Waals surface area contributed by atoms with Crippen LogP contribution in [0.15, 0.2) is 16.9 Å². The van der Waals surface area contributed by atoms with Crippen molar-refractivity contribution in [2.75, 3.05) is 13.2 Å². The molecule has 0 spiro atoms. The molecule has 0 radical (unpaired) electrons. The van der Waals surface area contributed by atoms with Gasteiger partial charge in [0.1, 0.15) is 0 Å². The number of rotatable bonds is 6. The molecule has 1 amide bonds. The van der Waals surface area contributed by atoms with E-state index in [-0.39, 0.29) is 23.5 Å². The van der Waals surface area contributed by atoms with Crippen molar-refractivity contribution in [3.8, 4) is 0 Å². The first kappa shape index (κ1) is 15.4. The highest BCUT2D eigenvalue weighted by Gasteiger charge is 2.26. The fourth-order valence-electron chi connectivity index (χ4n) is 1.96. The third kappa shape index (κ3) is 3.92. The average Bonchev–Trinajstić information content (AvgIpc) is 2.39.